The smallest absolute Gasteiger partial charge is 0.143 e. The van der Waals surface area contributed by atoms with E-state index in [1.165, 1.54) is 5.56 Å². The fraction of sp³-hybridized carbons (Fsp3) is 0.143. The first-order valence-corrected chi connectivity index (χ1v) is 7.16. The molecular weight excluding hydrogens is 358 g/mol. The van der Waals surface area contributed by atoms with E-state index in [4.69, 9.17) is 5.73 Å². The van der Waals surface area contributed by atoms with Gasteiger partial charge in [0.15, 0.2) is 0 Å². The summed E-state index contributed by atoms with van der Waals surface area (Å²) in [7, 11) is 0. The van der Waals surface area contributed by atoms with Crippen LogP contribution in [0, 0.1) is 0 Å². The van der Waals surface area contributed by atoms with Crippen LogP contribution in [0.1, 0.15) is 11.1 Å². The number of nitrogens with two attached hydrogens (primary N) is 1. The van der Waals surface area contributed by atoms with Crippen LogP contribution >= 0.6 is 31.9 Å². The summed E-state index contributed by atoms with van der Waals surface area (Å²) < 4.78 is 1.42. The normalized spacial score (nSPS) is 10.6. The fourth-order valence-corrected chi connectivity index (χ4v) is 3.08. The first kappa shape index (κ1) is 13.4. The summed E-state index contributed by atoms with van der Waals surface area (Å²) in [6.07, 6.45) is 1.83. The van der Waals surface area contributed by atoms with E-state index in [9.17, 15) is 5.11 Å². The van der Waals surface area contributed by atoms with E-state index in [1.54, 1.807) is 0 Å². The number of aromatic hydroxyl groups is 1. The number of phenols is 1. The Balaban J connectivity index is 2.11. The molecule has 0 bridgehead atoms. The van der Waals surface area contributed by atoms with Gasteiger partial charge in [-0.2, -0.15) is 0 Å². The van der Waals surface area contributed by atoms with E-state index in [1.807, 2.05) is 30.3 Å². The van der Waals surface area contributed by atoms with Gasteiger partial charge in [0, 0.05) is 5.69 Å². The quantitative estimate of drug-likeness (QED) is 0.792. The number of phenolic OH excluding ortho intramolecular Hbond substituents is 1. The number of anilines is 1. The average molecular weight is 371 g/mol. The molecular formula is C14H13Br2NO. The van der Waals surface area contributed by atoms with E-state index < -0.39 is 0 Å². The predicted molar refractivity (Wildman–Crippen MR) is 81.8 cm³/mol. The summed E-state index contributed by atoms with van der Waals surface area (Å²) in [6.45, 7) is 0. The molecule has 0 aromatic heterocycles. The van der Waals surface area contributed by atoms with Crippen molar-refractivity contribution in [3.63, 3.8) is 0 Å². The molecule has 0 aliphatic rings. The molecule has 0 aliphatic heterocycles. The lowest BCUT2D eigenvalue weighted by atomic mass is 10.0. The molecule has 2 nitrogen and oxygen atoms in total. The predicted octanol–water partition coefficient (Wildman–Crippen LogP) is 4.28. The van der Waals surface area contributed by atoms with Crippen LogP contribution in [0.3, 0.4) is 0 Å². The maximum atomic E-state index is 9.64. The Morgan fingerprint density at radius 1 is 0.944 bits per heavy atom. The molecule has 0 unspecified atom stereocenters. The highest BCUT2D eigenvalue weighted by atomic mass is 79.9. The zero-order valence-electron chi connectivity index (χ0n) is 9.66. The lowest BCUT2D eigenvalue weighted by molar-refractivity contribution is 0.468. The van der Waals surface area contributed by atoms with Gasteiger partial charge < -0.3 is 10.8 Å². The van der Waals surface area contributed by atoms with Crippen LogP contribution in [-0.2, 0) is 12.8 Å². The van der Waals surface area contributed by atoms with Gasteiger partial charge in [0.25, 0.3) is 0 Å². The monoisotopic (exact) mass is 369 g/mol. The standard InChI is InChI=1S/C14H13Br2NO/c15-12-7-10(8-13(16)14(12)18)5-4-9-2-1-3-11(17)6-9/h1-3,6-8,18H,4-5,17H2. The second-order valence-corrected chi connectivity index (χ2v) is 5.86. The van der Waals surface area contributed by atoms with E-state index in [0.717, 1.165) is 24.1 Å². The van der Waals surface area contributed by atoms with Crippen LogP contribution in [0.15, 0.2) is 45.3 Å². The number of halogens is 2. The molecule has 94 valence electrons. The molecule has 2 aromatic carbocycles. The summed E-state index contributed by atoms with van der Waals surface area (Å²) in [5, 5.41) is 9.64. The topological polar surface area (TPSA) is 46.2 Å². The maximum absolute atomic E-state index is 9.64. The Morgan fingerprint density at radius 3 is 2.17 bits per heavy atom. The molecule has 0 atom stereocenters. The van der Waals surface area contributed by atoms with Gasteiger partial charge in [-0.25, -0.2) is 0 Å². The van der Waals surface area contributed by atoms with Crippen LogP contribution in [0.25, 0.3) is 0 Å². The lowest BCUT2D eigenvalue weighted by Crippen LogP contribution is -1.93. The van der Waals surface area contributed by atoms with Gasteiger partial charge in [-0.3, -0.25) is 0 Å². The zero-order chi connectivity index (χ0) is 13.1. The summed E-state index contributed by atoms with van der Waals surface area (Å²) in [5.74, 6) is 0.239. The average Bonchev–Trinajstić information content (AvgIpc) is 2.33. The van der Waals surface area contributed by atoms with Crippen molar-refractivity contribution in [2.24, 2.45) is 0 Å². The second kappa shape index (κ2) is 5.76. The zero-order valence-corrected chi connectivity index (χ0v) is 12.8. The highest BCUT2D eigenvalue weighted by Crippen LogP contribution is 2.33. The van der Waals surface area contributed by atoms with Crippen LogP contribution in [-0.4, -0.2) is 5.11 Å². The number of rotatable bonds is 3. The van der Waals surface area contributed by atoms with Crippen LogP contribution in [0.4, 0.5) is 5.69 Å². The molecule has 2 rings (SSSR count). The third kappa shape index (κ3) is 3.27. The summed E-state index contributed by atoms with van der Waals surface area (Å²) in [5.41, 5.74) is 8.92. The number of nitrogen functional groups attached to an aromatic ring is 1. The van der Waals surface area contributed by atoms with E-state index in [0.29, 0.717) is 8.95 Å². The molecule has 0 fully saturated rings. The number of hydrogen-bond donors (Lipinski definition) is 2. The van der Waals surface area contributed by atoms with Gasteiger partial charge in [-0.05, 0) is 80.1 Å². The number of benzene rings is 2. The van der Waals surface area contributed by atoms with Crippen molar-refractivity contribution >= 4 is 37.5 Å². The minimum absolute atomic E-state index is 0.239. The molecule has 0 radical (unpaired) electrons. The van der Waals surface area contributed by atoms with Crippen molar-refractivity contribution in [1.29, 1.82) is 0 Å². The van der Waals surface area contributed by atoms with E-state index in [2.05, 4.69) is 37.9 Å². The summed E-state index contributed by atoms with van der Waals surface area (Å²) >= 11 is 6.67. The lowest BCUT2D eigenvalue weighted by Gasteiger charge is -2.06. The Labute approximate surface area is 123 Å². The SMILES string of the molecule is Nc1cccc(CCc2cc(Br)c(O)c(Br)c2)c1. The molecule has 4 heteroatoms. The van der Waals surface area contributed by atoms with Gasteiger partial charge >= 0.3 is 0 Å². The molecule has 0 saturated heterocycles. The molecule has 0 aliphatic carbocycles. The highest BCUT2D eigenvalue weighted by Gasteiger charge is 2.06. The van der Waals surface area contributed by atoms with E-state index >= 15 is 0 Å². The van der Waals surface area contributed by atoms with Crippen molar-refractivity contribution in [3.05, 3.63) is 56.5 Å². The minimum Gasteiger partial charge on any atom is -0.506 e. The summed E-state index contributed by atoms with van der Waals surface area (Å²) in [4.78, 5) is 0. The van der Waals surface area contributed by atoms with Crippen molar-refractivity contribution < 1.29 is 5.11 Å². The van der Waals surface area contributed by atoms with Gasteiger partial charge in [0.1, 0.15) is 5.75 Å². The van der Waals surface area contributed by atoms with Gasteiger partial charge in [-0.15, -0.1) is 0 Å². The fourth-order valence-electron chi connectivity index (χ4n) is 1.80. The number of hydrogen-bond acceptors (Lipinski definition) is 2. The Hall–Kier alpha value is -1.00. The molecule has 0 heterocycles. The van der Waals surface area contributed by atoms with Gasteiger partial charge in [0.05, 0.1) is 8.95 Å². The van der Waals surface area contributed by atoms with Crippen LogP contribution < -0.4 is 5.73 Å². The van der Waals surface area contributed by atoms with Gasteiger partial charge in [-0.1, -0.05) is 12.1 Å². The second-order valence-electron chi connectivity index (χ2n) is 4.15. The van der Waals surface area contributed by atoms with Crippen molar-refractivity contribution in [2.75, 3.05) is 5.73 Å². The first-order valence-electron chi connectivity index (χ1n) is 5.57. The molecule has 18 heavy (non-hydrogen) atoms. The molecule has 0 amide bonds. The minimum atomic E-state index is 0.239. The van der Waals surface area contributed by atoms with Gasteiger partial charge in [0.2, 0.25) is 0 Å². The summed E-state index contributed by atoms with van der Waals surface area (Å²) in [6, 6.07) is 11.8. The molecule has 2 aromatic rings. The molecule has 0 spiro atoms. The van der Waals surface area contributed by atoms with Crippen molar-refractivity contribution in [1.82, 2.24) is 0 Å². The van der Waals surface area contributed by atoms with Crippen molar-refractivity contribution in [3.8, 4) is 5.75 Å². The number of aryl methyl sites for hydroxylation is 2. The van der Waals surface area contributed by atoms with Crippen LogP contribution in [0.2, 0.25) is 0 Å². The molecule has 3 N–H and O–H groups in total. The largest absolute Gasteiger partial charge is 0.506 e. The highest BCUT2D eigenvalue weighted by molar-refractivity contribution is 9.11. The Kier molecular flexibility index (Phi) is 4.30. The van der Waals surface area contributed by atoms with E-state index in [-0.39, 0.29) is 5.75 Å². The maximum Gasteiger partial charge on any atom is 0.143 e. The Morgan fingerprint density at radius 2 is 1.56 bits per heavy atom. The third-order valence-corrected chi connectivity index (χ3v) is 3.94. The Bertz CT molecular complexity index is 546. The third-order valence-electron chi connectivity index (χ3n) is 2.73. The van der Waals surface area contributed by atoms with Crippen LogP contribution in [0.5, 0.6) is 5.75 Å². The first-order chi connectivity index (χ1) is 8.56. The van der Waals surface area contributed by atoms with Crippen molar-refractivity contribution in [2.45, 2.75) is 12.8 Å². The molecule has 0 saturated carbocycles.